The summed E-state index contributed by atoms with van der Waals surface area (Å²) in [7, 11) is 0. The minimum atomic E-state index is -1.26. The van der Waals surface area contributed by atoms with Crippen LogP contribution in [-0.4, -0.2) is 65.4 Å². The highest BCUT2D eigenvalue weighted by Gasteiger charge is 2.75. The molecule has 2 unspecified atom stereocenters. The Morgan fingerprint density at radius 1 is 1.02 bits per heavy atom. The highest BCUT2D eigenvalue weighted by molar-refractivity contribution is 5.95. The minimum absolute atomic E-state index is 0.0380. The van der Waals surface area contributed by atoms with E-state index in [1.54, 1.807) is 37.3 Å². The van der Waals surface area contributed by atoms with Crippen LogP contribution in [0.25, 0.3) is 0 Å². The summed E-state index contributed by atoms with van der Waals surface area (Å²) in [5.74, 6) is -3.66. The average Bonchev–Trinajstić information content (AvgIpc) is 2.91. The molecule has 9 nitrogen and oxygen atoms in total. The van der Waals surface area contributed by atoms with E-state index in [4.69, 9.17) is 18.9 Å². The normalized spacial score (nSPS) is 38.6. The first kappa shape index (κ1) is 30.4. The van der Waals surface area contributed by atoms with Crippen molar-refractivity contribution in [1.29, 1.82) is 0 Å². The number of ether oxygens (including phenoxy) is 4. The summed E-state index contributed by atoms with van der Waals surface area (Å²) in [4.78, 5) is 54.1. The SMILES string of the molecule is CC[C@H]1C[C@H]2OC[C@@]2(OC(C)=O)C2[C@H](OC(=O)c3ccccc3)C3C[C@H](O)C(C)=C([C@@H](OC(C)=O)C(=O)[C@@]21C)C3(C)C. The molecule has 1 aromatic carbocycles. The summed E-state index contributed by atoms with van der Waals surface area (Å²) in [6.45, 7) is 12.1. The van der Waals surface area contributed by atoms with Gasteiger partial charge in [-0.05, 0) is 54.4 Å². The second kappa shape index (κ2) is 10.6. The van der Waals surface area contributed by atoms with Gasteiger partial charge in [-0.3, -0.25) is 14.4 Å². The van der Waals surface area contributed by atoms with Crippen LogP contribution in [-0.2, 0) is 33.3 Å². The first-order valence-electron chi connectivity index (χ1n) is 14.9. The number of hydrogen-bond donors (Lipinski definition) is 1. The maximum absolute atomic E-state index is 15.1. The lowest BCUT2D eigenvalue weighted by atomic mass is 9.44. The Hall–Kier alpha value is -3.04. The van der Waals surface area contributed by atoms with Gasteiger partial charge in [0.15, 0.2) is 17.5 Å². The number of hydrogen-bond acceptors (Lipinski definition) is 9. The van der Waals surface area contributed by atoms with Gasteiger partial charge in [0.2, 0.25) is 0 Å². The molecule has 0 amide bonds. The molecule has 2 bridgehead atoms. The van der Waals surface area contributed by atoms with E-state index in [1.165, 1.54) is 13.8 Å². The van der Waals surface area contributed by atoms with Crippen LogP contribution < -0.4 is 0 Å². The lowest BCUT2D eigenvalue weighted by Gasteiger charge is -2.66. The third kappa shape index (κ3) is 4.42. The second-order valence-electron chi connectivity index (χ2n) is 13.2. The Bertz CT molecular complexity index is 1320. The number of carbonyl (C=O) groups is 4. The van der Waals surface area contributed by atoms with E-state index in [9.17, 15) is 19.5 Å². The highest BCUT2D eigenvalue weighted by Crippen LogP contribution is 2.65. The molecule has 0 aromatic heterocycles. The maximum Gasteiger partial charge on any atom is 0.338 e. The standard InChI is InChI=1S/C33H42O9/c1-8-21-14-24-33(16-39-24,42-19(4)35)28-26(41-30(38)20-12-10-9-11-13-20)22-15-23(36)17(2)25(31(22,5)6)27(40-18(3)34)29(37)32(21,28)7/h9-13,21-24,26-28,36H,8,14-16H2,1-7H3/t21-,22?,23-,24+,26+,27+,28?,32+,33-/m0/s1. The van der Waals surface area contributed by atoms with Gasteiger partial charge in [0, 0.05) is 25.2 Å². The zero-order chi connectivity index (χ0) is 30.8. The zero-order valence-corrected chi connectivity index (χ0v) is 25.5. The molecular formula is C33H42O9. The van der Waals surface area contributed by atoms with Gasteiger partial charge in [0.05, 0.1) is 24.2 Å². The molecule has 228 valence electrons. The first-order chi connectivity index (χ1) is 19.7. The number of ketones is 1. The van der Waals surface area contributed by atoms with E-state index >= 15 is 4.79 Å². The Labute approximate surface area is 246 Å². The number of carbonyl (C=O) groups excluding carboxylic acids is 4. The van der Waals surface area contributed by atoms with Gasteiger partial charge in [-0.1, -0.05) is 52.3 Å². The van der Waals surface area contributed by atoms with Crippen molar-refractivity contribution in [3.63, 3.8) is 0 Å². The number of aliphatic hydroxyl groups is 1. The molecule has 9 atom stereocenters. The molecule has 1 heterocycles. The Balaban J connectivity index is 1.81. The Morgan fingerprint density at radius 2 is 1.69 bits per heavy atom. The van der Waals surface area contributed by atoms with Crippen molar-refractivity contribution in [2.45, 2.75) is 97.7 Å². The molecule has 3 fully saturated rings. The molecule has 3 aliphatic carbocycles. The van der Waals surface area contributed by atoms with Crippen LogP contribution in [0.4, 0.5) is 0 Å². The van der Waals surface area contributed by atoms with Gasteiger partial charge in [-0.25, -0.2) is 4.79 Å². The number of aliphatic hydroxyl groups excluding tert-OH is 1. The van der Waals surface area contributed by atoms with Crippen molar-refractivity contribution in [3.8, 4) is 0 Å². The lowest BCUT2D eigenvalue weighted by molar-refractivity contribution is -0.330. The highest BCUT2D eigenvalue weighted by atomic mass is 16.6. The first-order valence-corrected chi connectivity index (χ1v) is 14.9. The number of fused-ring (bicyclic) bond motifs is 5. The number of rotatable bonds is 5. The number of esters is 3. The average molecular weight is 583 g/mol. The largest absolute Gasteiger partial charge is 0.458 e. The van der Waals surface area contributed by atoms with Crippen LogP contribution in [0.2, 0.25) is 0 Å². The fourth-order valence-corrected chi connectivity index (χ4v) is 8.71. The monoisotopic (exact) mass is 582 g/mol. The molecule has 4 aliphatic rings. The van der Waals surface area contributed by atoms with Crippen molar-refractivity contribution >= 4 is 23.7 Å². The Kier molecular flexibility index (Phi) is 7.67. The van der Waals surface area contributed by atoms with Gasteiger partial charge < -0.3 is 24.1 Å². The van der Waals surface area contributed by atoms with E-state index < -0.39 is 70.6 Å². The molecule has 2 saturated carbocycles. The van der Waals surface area contributed by atoms with Crippen LogP contribution in [0.3, 0.4) is 0 Å². The fourth-order valence-electron chi connectivity index (χ4n) is 8.71. The van der Waals surface area contributed by atoms with Crippen molar-refractivity contribution in [2.24, 2.45) is 28.6 Å². The molecular weight excluding hydrogens is 540 g/mol. The summed E-state index contributed by atoms with van der Waals surface area (Å²) in [5.41, 5.74) is -1.88. The predicted octanol–water partition coefficient (Wildman–Crippen LogP) is 4.20. The van der Waals surface area contributed by atoms with Gasteiger partial charge in [0.1, 0.15) is 12.2 Å². The fraction of sp³-hybridized carbons (Fsp3) is 0.636. The van der Waals surface area contributed by atoms with Crippen molar-refractivity contribution in [2.75, 3.05) is 6.61 Å². The zero-order valence-electron chi connectivity index (χ0n) is 25.5. The molecule has 1 aromatic rings. The summed E-state index contributed by atoms with van der Waals surface area (Å²) in [6.07, 6.45) is -2.39. The molecule has 42 heavy (non-hydrogen) atoms. The quantitative estimate of drug-likeness (QED) is 0.309. The van der Waals surface area contributed by atoms with Crippen LogP contribution in [0, 0.1) is 28.6 Å². The molecule has 0 spiro atoms. The van der Waals surface area contributed by atoms with E-state index in [0.29, 0.717) is 29.6 Å². The van der Waals surface area contributed by atoms with Gasteiger partial charge in [-0.2, -0.15) is 0 Å². The maximum atomic E-state index is 15.1. The third-order valence-corrected chi connectivity index (χ3v) is 10.7. The topological polar surface area (TPSA) is 125 Å². The van der Waals surface area contributed by atoms with Crippen LogP contribution in [0.5, 0.6) is 0 Å². The summed E-state index contributed by atoms with van der Waals surface area (Å²) >= 11 is 0. The number of Topliss-reactive ketones (excluding diaryl/α,β-unsaturated/α-hetero) is 1. The minimum Gasteiger partial charge on any atom is -0.458 e. The molecule has 1 saturated heterocycles. The van der Waals surface area contributed by atoms with Crippen LogP contribution in [0.15, 0.2) is 41.5 Å². The summed E-state index contributed by atoms with van der Waals surface area (Å²) in [6, 6.07) is 8.62. The number of benzene rings is 1. The second-order valence-corrected chi connectivity index (χ2v) is 13.2. The van der Waals surface area contributed by atoms with E-state index in [-0.39, 0.29) is 24.7 Å². The van der Waals surface area contributed by atoms with Gasteiger partial charge >= 0.3 is 17.9 Å². The molecule has 1 aliphatic heterocycles. The van der Waals surface area contributed by atoms with Gasteiger partial charge in [-0.15, -0.1) is 0 Å². The van der Waals surface area contributed by atoms with E-state index in [2.05, 4.69) is 0 Å². The van der Waals surface area contributed by atoms with Crippen molar-refractivity contribution in [1.82, 2.24) is 0 Å². The van der Waals surface area contributed by atoms with Gasteiger partial charge in [0.25, 0.3) is 0 Å². The third-order valence-electron chi connectivity index (χ3n) is 10.7. The lowest BCUT2D eigenvalue weighted by Crippen LogP contribution is -2.78. The molecule has 9 heteroatoms. The van der Waals surface area contributed by atoms with Crippen molar-refractivity contribution < 1.29 is 43.2 Å². The predicted molar refractivity (Wildman–Crippen MR) is 151 cm³/mol. The summed E-state index contributed by atoms with van der Waals surface area (Å²) < 4.78 is 24.5. The molecule has 5 rings (SSSR count). The van der Waals surface area contributed by atoms with E-state index in [0.717, 1.165) is 0 Å². The van der Waals surface area contributed by atoms with E-state index in [1.807, 2.05) is 27.7 Å². The van der Waals surface area contributed by atoms with Crippen molar-refractivity contribution in [3.05, 3.63) is 47.0 Å². The smallest absolute Gasteiger partial charge is 0.338 e. The molecule has 1 N–H and O–H groups in total. The Morgan fingerprint density at radius 3 is 2.24 bits per heavy atom. The van der Waals surface area contributed by atoms with Crippen LogP contribution in [0.1, 0.15) is 78.1 Å². The van der Waals surface area contributed by atoms with Crippen LogP contribution >= 0.6 is 0 Å². The molecule has 0 radical (unpaired) electrons. The summed E-state index contributed by atoms with van der Waals surface area (Å²) in [5, 5.41) is 11.4.